The summed E-state index contributed by atoms with van der Waals surface area (Å²) in [5.41, 5.74) is 4.30. The number of rotatable bonds is 2. The van der Waals surface area contributed by atoms with Gasteiger partial charge in [-0.1, -0.05) is 19.3 Å². The Labute approximate surface area is 96.2 Å². The monoisotopic (exact) mass is 300 g/mol. The van der Waals surface area contributed by atoms with E-state index in [1.807, 2.05) is 0 Å². The van der Waals surface area contributed by atoms with Gasteiger partial charge in [-0.2, -0.15) is 0 Å². The van der Waals surface area contributed by atoms with E-state index in [-0.39, 0.29) is 30.5 Å². The van der Waals surface area contributed by atoms with Crippen LogP contribution in [0.3, 0.4) is 0 Å². The van der Waals surface area contributed by atoms with Crippen molar-refractivity contribution in [3.05, 3.63) is 0 Å². The number of alkyl halides is 1. The van der Waals surface area contributed by atoms with Crippen LogP contribution in [0.2, 0.25) is 0 Å². The first-order valence-electron chi connectivity index (χ1n) is 4.58. The molecular weight excluding hydrogens is 282 g/mol. The van der Waals surface area contributed by atoms with E-state index in [1.54, 1.807) is 6.92 Å². The fraction of sp³-hybridized carbons (Fsp3) is 0.889. The molecular formula is C9H18FIN2. The maximum Gasteiger partial charge on any atom is 0.130 e. The zero-order valence-corrected chi connectivity index (χ0v) is 10.4. The summed E-state index contributed by atoms with van der Waals surface area (Å²) in [6.45, 7) is 1.96. The molecule has 0 saturated heterocycles. The molecule has 0 heterocycles. The zero-order valence-electron chi connectivity index (χ0n) is 8.05. The van der Waals surface area contributed by atoms with Gasteiger partial charge in [0.05, 0.1) is 12.4 Å². The number of hydrogen-bond donors (Lipinski definition) is 1. The van der Waals surface area contributed by atoms with Crippen molar-refractivity contribution in [3.63, 3.8) is 0 Å². The molecule has 0 unspecified atom stereocenters. The van der Waals surface area contributed by atoms with Crippen molar-refractivity contribution in [2.24, 2.45) is 10.7 Å². The van der Waals surface area contributed by atoms with Gasteiger partial charge in [-0.15, -0.1) is 24.0 Å². The van der Waals surface area contributed by atoms with Gasteiger partial charge < -0.3 is 5.73 Å². The quantitative estimate of drug-likeness (QED) is 0.475. The fourth-order valence-corrected chi connectivity index (χ4v) is 1.61. The largest absolute Gasteiger partial charge is 0.388 e. The number of nitrogens with two attached hydrogens (primary N) is 1. The molecule has 1 rings (SSSR count). The molecule has 78 valence electrons. The molecule has 2 N–H and O–H groups in total. The average Bonchev–Trinajstić information content (AvgIpc) is 2.03. The molecule has 1 fully saturated rings. The SMILES string of the molecule is CC(N)=NCC1(F)CCCCC1.I. The second kappa shape index (κ2) is 5.78. The smallest absolute Gasteiger partial charge is 0.130 e. The number of halogens is 2. The average molecular weight is 300 g/mol. The lowest BCUT2D eigenvalue weighted by Crippen LogP contribution is -2.30. The van der Waals surface area contributed by atoms with Crippen LogP contribution in [0.25, 0.3) is 0 Å². The van der Waals surface area contributed by atoms with E-state index < -0.39 is 5.67 Å². The Balaban J connectivity index is 0.00000144. The fourth-order valence-electron chi connectivity index (χ4n) is 1.61. The second-order valence-electron chi connectivity index (χ2n) is 3.67. The molecule has 1 aliphatic carbocycles. The molecule has 0 radical (unpaired) electrons. The Hall–Kier alpha value is 0.130. The summed E-state index contributed by atoms with van der Waals surface area (Å²) in [4.78, 5) is 3.94. The van der Waals surface area contributed by atoms with Crippen LogP contribution in [0.15, 0.2) is 4.99 Å². The minimum absolute atomic E-state index is 0. The van der Waals surface area contributed by atoms with Crippen molar-refractivity contribution in [1.82, 2.24) is 0 Å². The first kappa shape index (κ1) is 13.1. The summed E-state index contributed by atoms with van der Waals surface area (Å²) in [6, 6.07) is 0. The van der Waals surface area contributed by atoms with Gasteiger partial charge in [0.15, 0.2) is 0 Å². The lowest BCUT2D eigenvalue weighted by molar-refractivity contribution is 0.117. The van der Waals surface area contributed by atoms with E-state index in [4.69, 9.17) is 5.73 Å². The van der Waals surface area contributed by atoms with Gasteiger partial charge in [0, 0.05) is 0 Å². The van der Waals surface area contributed by atoms with Crippen LogP contribution in [0.1, 0.15) is 39.0 Å². The highest BCUT2D eigenvalue weighted by molar-refractivity contribution is 14.0. The highest BCUT2D eigenvalue weighted by Gasteiger charge is 2.30. The Bertz CT molecular complexity index is 172. The summed E-state index contributed by atoms with van der Waals surface area (Å²) >= 11 is 0. The van der Waals surface area contributed by atoms with E-state index in [2.05, 4.69) is 4.99 Å². The van der Waals surface area contributed by atoms with Crippen LogP contribution in [0.5, 0.6) is 0 Å². The molecule has 13 heavy (non-hydrogen) atoms. The van der Waals surface area contributed by atoms with Crippen molar-refractivity contribution >= 4 is 29.8 Å². The molecule has 0 spiro atoms. The Kier molecular flexibility index (Phi) is 5.83. The lowest BCUT2D eigenvalue weighted by atomic mass is 9.86. The maximum absolute atomic E-state index is 13.8. The summed E-state index contributed by atoms with van der Waals surface area (Å²) in [7, 11) is 0. The third-order valence-corrected chi connectivity index (χ3v) is 2.36. The Morgan fingerprint density at radius 2 is 1.92 bits per heavy atom. The standard InChI is InChI=1S/C9H17FN2.HI/c1-8(11)12-7-9(10)5-3-2-4-6-9;/h2-7H2,1H3,(H2,11,12);1H. The van der Waals surface area contributed by atoms with Gasteiger partial charge in [-0.05, 0) is 19.8 Å². The predicted octanol–water partition coefficient (Wildman–Crippen LogP) is 2.65. The number of amidine groups is 1. The molecule has 0 aromatic carbocycles. The van der Waals surface area contributed by atoms with Crippen molar-refractivity contribution in [2.75, 3.05) is 6.54 Å². The Morgan fingerprint density at radius 1 is 1.38 bits per heavy atom. The number of nitrogens with zero attached hydrogens (tertiary/aromatic N) is 1. The van der Waals surface area contributed by atoms with Crippen LogP contribution >= 0.6 is 24.0 Å². The second-order valence-corrected chi connectivity index (χ2v) is 3.67. The normalized spacial score (nSPS) is 22.2. The van der Waals surface area contributed by atoms with E-state index in [9.17, 15) is 4.39 Å². The van der Waals surface area contributed by atoms with Crippen LogP contribution in [0.4, 0.5) is 4.39 Å². The van der Waals surface area contributed by atoms with Gasteiger partial charge in [0.1, 0.15) is 5.67 Å². The summed E-state index contributed by atoms with van der Waals surface area (Å²) in [5, 5.41) is 0. The molecule has 0 atom stereocenters. The number of aliphatic imine (C=N–C) groups is 1. The molecule has 0 amide bonds. The highest BCUT2D eigenvalue weighted by atomic mass is 127. The van der Waals surface area contributed by atoms with Crippen LogP contribution in [0, 0.1) is 0 Å². The third-order valence-electron chi connectivity index (χ3n) is 2.36. The first-order chi connectivity index (χ1) is 5.62. The van der Waals surface area contributed by atoms with Gasteiger partial charge in [0.2, 0.25) is 0 Å². The van der Waals surface area contributed by atoms with E-state index >= 15 is 0 Å². The van der Waals surface area contributed by atoms with Crippen molar-refractivity contribution in [3.8, 4) is 0 Å². The molecule has 1 aliphatic rings. The van der Waals surface area contributed by atoms with Gasteiger partial charge in [0.25, 0.3) is 0 Å². The van der Waals surface area contributed by atoms with Gasteiger partial charge in [-0.25, -0.2) is 4.39 Å². The van der Waals surface area contributed by atoms with Gasteiger partial charge in [-0.3, -0.25) is 4.99 Å². The Morgan fingerprint density at radius 3 is 2.38 bits per heavy atom. The van der Waals surface area contributed by atoms with Crippen LogP contribution < -0.4 is 5.73 Å². The van der Waals surface area contributed by atoms with Crippen molar-refractivity contribution in [2.45, 2.75) is 44.7 Å². The first-order valence-corrected chi connectivity index (χ1v) is 4.58. The summed E-state index contributed by atoms with van der Waals surface area (Å²) in [5.74, 6) is 0.484. The maximum atomic E-state index is 13.8. The minimum Gasteiger partial charge on any atom is -0.388 e. The number of hydrogen-bond acceptors (Lipinski definition) is 1. The van der Waals surface area contributed by atoms with Crippen LogP contribution in [-0.4, -0.2) is 18.0 Å². The topological polar surface area (TPSA) is 38.4 Å². The van der Waals surface area contributed by atoms with Gasteiger partial charge >= 0.3 is 0 Å². The molecule has 0 aliphatic heterocycles. The van der Waals surface area contributed by atoms with Crippen molar-refractivity contribution < 1.29 is 4.39 Å². The third kappa shape index (κ3) is 4.78. The molecule has 1 saturated carbocycles. The van der Waals surface area contributed by atoms with E-state index in [0.29, 0.717) is 18.7 Å². The molecule has 0 bridgehead atoms. The molecule has 0 aromatic rings. The summed E-state index contributed by atoms with van der Waals surface area (Å²) in [6.07, 6.45) is 4.47. The lowest BCUT2D eigenvalue weighted by Gasteiger charge is -2.27. The summed E-state index contributed by atoms with van der Waals surface area (Å²) < 4.78 is 13.8. The highest BCUT2D eigenvalue weighted by Crippen LogP contribution is 2.31. The van der Waals surface area contributed by atoms with Crippen molar-refractivity contribution in [1.29, 1.82) is 0 Å². The predicted molar refractivity (Wildman–Crippen MR) is 64.5 cm³/mol. The molecule has 0 aromatic heterocycles. The van der Waals surface area contributed by atoms with E-state index in [0.717, 1.165) is 19.3 Å². The zero-order chi connectivity index (χ0) is 9.03. The molecule has 4 heteroatoms. The molecule has 2 nitrogen and oxygen atoms in total. The minimum atomic E-state index is -1.06. The van der Waals surface area contributed by atoms with E-state index in [1.165, 1.54) is 0 Å². The van der Waals surface area contributed by atoms with Crippen LogP contribution in [-0.2, 0) is 0 Å².